The van der Waals surface area contributed by atoms with E-state index >= 15 is 0 Å². The van der Waals surface area contributed by atoms with E-state index in [1.807, 2.05) is 39.0 Å². The zero-order valence-corrected chi connectivity index (χ0v) is 39.8. The van der Waals surface area contributed by atoms with Gasteiger partial charge >= 0.3 is 17.1 Å². The van der Waals surface area contributed by atoms with Crippen molar-refractivity contribution in [2.45, 2.75) is 111 Å². The number of methoxy groups -OCH3 is 1. The molecule has 5 aromatic rings. The van der Waals surface area contributed by atoms with Gasteiger partial charge in [0.05, 0.1) is 39.5 Å². The van der Waals surface area contributed by atoms with Gasteiger partial charge in [-0.05, 0) is 146 Å². The molecule has 0 saturated carbocycles. The van der Waals surface area contributed by atoms with Crippen LogP contribution in [0.2, 0.25) is 64.5 Å². The molecule has 2 aromatic heterocycles. The van der Waals surface area contributed by atoms with Gasteiger partial charge in [0.1, 0.15) is 5.75 Å². The quantitative estimate of drug-likeness (QED) is 0.0597. The predicted octanol–water partition coefficient (Wildman–Crippen LogP) is 8.27. The molecule has 0 aliphatic carbocycles. The fraction of sp³-hybridized carbons (Fsp3) is 0.476. The summed E-state index contributed by atoms with van der Waals surface area (Å²) < 4.78 is 33.8. The van der Waals surface area contributed by atoms with Crippen LogP contribution in [-0.2, 0) is 17.1 Å². The highest BCUT2D eigenvalue weighted by Crippen LogP contribution is 2.29. The van der Waals surface area contributed by atoms with Gasteiger partial charge in [-0.1, -0.05) is 30.5 Å². The monoisotopic (exact) mass is 848 g/mol. The second-order valence-corrected chi connectivity index (χ2v) is 33.5. The van der Waals surface area contributed by atoms with Gasteiger partial charge in [0.2, 0.25) is 0 Å². The first-order valence-electron chi connectivity index (χ1n) is 19.9. The van der Waals surface area contributed by atoms with Gasteiger partial charge < -0.3 is 21.8 Å². The Morgan fingerprint density at radius 3 is 1.35 bits per heavy atom. The first kappa shape index (κ1) is 44.5. The van der Waals surface area contributed by atoms with E-state index in [1.54, 1.807) is 25.3 Å². The van der Waals surface area contributed by atoms with Gasteiger partial charge in [0, 0.05) is 13.7 Å². The molecule has 0 aliphatic rings. The second-order valence-electron chi connectivity index (χ2n) is 17.5. The molecule has 0 spiro atoms. The Kier molecular flexibility index (Phi) is 13.6. The topological polar surface area (TPSA) is 124 Å². The van der Waals surface area contributed by atoms with Crippen LogP contribution in [-0.4, -0.2) is 63.2 Å². The van der Waals surface area contributed by atoms with Crippen molar-refractivity contribution < 1.29 is 21.8 Å². The molecule has 15 heteroatoms. The number of ether oxygens (including phenoxy) is 2. The fourth-order valence-electron chi connectivity index (χ4n) is 8.14. The molecule has 308 valence electrons. The van der Waals surface area contributed by atoms with E-state index in [9.17, 15) is 19.2 Å². The molecule has 5 rings (SSSR count). The molecule has 0 amide bonds. The number of rotatable bonds is 19. The molecule has 3 aromatic carbocycles. The van der Waals surface area contributed by atoms with Crippen LogP contribution in [0.25, 0.3) is 32.9 Å². The maximum Gasteiger partial charge on any atom is 0.312 e. The minimum atomic E-state index is -2.44. The molecular formula is C42H60N2O9Si4. The third kappa shape index (κ3) is 10.6. The first-order chi connectivity index (χ1) is 26.6. The van der Waals surface area contributed by atoms with Crippen LogP contribution in [0.4, 0.5) is 0 Å². The van der Waals surface area contributed by atoms with Crippen molar-refractivity contribution in [3.8, 4) is 17.1 Å². The van der Waals surface area contributed by atoms with E-state index in [0.29, 0.717) is 29.3 Å². The first-order valence-corrected chi connectivity index (χ1v) is 31.8. The van der Waals surface area contributed by atoms with Gasteiger partial charge in [0.25, 0.3) is 22.2 Å². The van der Waals surface area contributed by atoms with Crippen molar-refractivity contribution in [1.29, 1.82) is 0 Å². The zero-order valence-electron chi connectivity index (χ0n) is 35.8. The highest BCUT2D eigenvalue weighted by molar-refractivity contribution is 6.89. The lowest BCUT2D eigenvalue weighted by Gasteiger charge is -2.41. The molecule has 57 heavy (non-hydrogen) atoms. The molecule has 0 fully saturated rings. The summed E-state index contributed by atoms with van der Waals surface area (Å²) in [7, 11) is -6.98. The van der Waals surface area contributed by atoms with Gasteiger partial charge in [-0.2, -0.15) is 0 Å². The average Bonchev–Trinajstić information content (AvgIpc) is 3.47. The van der Waals surface area contributed by atoms with E-state index in [0.717, 1.165) is 64.6 Å². The lowest BCUT2D eigenvalue weighted by Crippen LogP contribution is -2.56. The Morgan fingerprint density at radius 1 is 0.509 bits per heavy atom. The normalized spacial score (nSPS) is 13.0. The third-order valence-electron chi connectivity index (χ3n) is 10.2. The summed E-state index contributed by atoms with van der Waals surface area (Å²) in [6, 6.07) is 15.6. The average molecular weight is 849 g/mol. The summed E-state index contributed by atoms with van der Waals surface area (Å²) in [4.78, 5) is 54.4. The van der Waals surface area contributed by atoms with Crippen LogP contribution in [0.1, 0.15) is 42.4 Å². The number of hydrogen-bond acceptors (Lipinski definition) is 9. The molecular weight excluding hydrogens is 789 g/mol. The highest BCUT2D eigenvalue weighted by atomic mass is 28.5. The standard InChI is InChI=1S/C42H60N2O9Si4/c1-29-17-19-37(30(2)25-29)43-39(45)33-27-35-36(28-34(33)40(43)46)42(48)44(41(35)47)38-20-18-32(26-31(38)3)50-22-14-16-24-55(7,8)52-57(11,12)53-56(9,10)51-54(5,6)23-15-13-21-49-4/h17-20,25-28H,13-16,21-24H2,1-12H3. The van der Waals surface area contributed by atoms with Crippen LogP contribution in [0.5, 0.6) is 5.75 Å². The van der Waals surface area contributed by atoms with Crippen LogP contribution in [0.15, 0.2) is 67.7 Å². The van der Waals surface area contributed by atoms with Crippen molar-refractivity contribution in [2.24, 2.45) is 0 Å². The third-order valence-corrected chi connectivity index (χ3v) is 25.7. The maximum atomic E-state index is 13.7. The van der Waals surface area contributed by atoms with Gasteiger partial charge in [-0.15, -0.1) is 0 Å². The van der Waals surface area contributed by atoms with Gasteiger partial charge in [-0.25, -0.2) is 9.13 Å². The number of nitrogens with zero attached hydrogens (tertiary/aromatic N) is 2. The van der Waals surface area contributed by atoms with E-state index in [-0.39, 0.29) is 21.5 Å². The molecule has 0 atom stereocenters. The molecule has 11 nitrogen and oxygen atoms in total. The lowest BCUT2D eigenvalue weighted by atomic mass is 10.1. The summed E-state index contributed by atoms with van der Waals surface area (Å²) in [5, 5.41) is 0.425. The largest absolute Gasteiger partial charge is 0.494 e. The smallest absolute Gasteiger partial charge is 0.312 e. The van der Waals surface area contributed by atoms with Crippen molar-refractivity contribution in [3.63, 3.8) is 0 Å². The molecule has 0 radical (unpaired) electrons. The fourth-order valence-corrected chi connectivity index (χ4v) is 27.6. The Hall–Kier alpha value is -3.55. The number of aromatic nitrogens is 2. The number of unbranched alkanes of at least 4 members (excludes halogenated alkanes) is 2. The Labute approximate surface area is 340 Å². The minimum absolute atomic E-state index is 0.101. The van der Waals surface area contributed by atoms with Crippen LogP contribution in [0.3, 0.4) is 0 Å². The van der Waals surface area contributed by atoms with E-state index in [1.165, 1.54) is 12.1 Å². The van der Waals surface area contributed by atoms with Crippen LogP contribution >= 0.6 is 0 Å². The van der Waals surface area contributed by atoms with E-state index in [2.05, 4.69) is 52.4 Å². The summed E-state index contributed by atoms with van der Waals surface area (Å²) in [6.07, 6.45) is 3.94. The Bertz CT molecular complexity index is 2380. The maximum absolute atomic E-state index is 13.7. The Morgan fingerprint density at radius 2 is 0.930 bits per heavy atom. The Balaban J connectivity index is 1.20. The summed E-state index contributed by atoms with van der Waals surface area (Å²) in [5.74, 6) is 0.640. The van der Waals surface area contributed by atoms with Gasteiger partial charge in [0.15, 0.2) is 16.6 Å². The van der Waals surface area contributed by atoms with Crippen molar-refractivity contribution in [3.05, 3.63) is 107 Å². The molecule has 0 N–H and O–H groups in total. The lowest BCUT2D eigenvalue weighted by molar-refractivity contribution is 0.194. The summed E-state index contributed by atoms with van der Waals surface area (Å²) in [5.41, 5.74) is 1.26. The van der Waals surface area contributed by atoms with Crippen LogP contribution in [0, 0.1) is 20.8 Å². The molecule has 0 unspecified atom stereocenters. The van der Waals surface area contributed by atoms with E-state index in [4.69, 9.17) is 21.8 Å². The minimum Gasteiger partial charge on any atom is -0.494 e. The van der Waals surface area contributed by atoms with E-state index < -0.39 is 56.0 Å². The highest BCUT2D eigenvalue weighted by Gasteiger charge is 2.43. The number of hydrogen-bond donors (Lipinski definition) is 0. The summed E-state index contributed by atoms with van der Waals surface area (Å²) >= 11 is 0. The summed E-state index contributed by atoms with van der Waals surface area (Å²) in [6.45, 7) is 24.5. The number of aryl methyl sites for hydroxylation is 3. The molecule has 0 aliphatic heterocycles. The zero-order chi connectivity index (χ0) is 42.1. The molecule has 0 bridgehead atoms. The predicted molar refractivity (Wildman–Crippen MR) is 240 cm³/mol. The van der Waals surface area contributed by atoms with Gasteiger partial charge in [-0.3, -0.25) is 19.2 Å². The van der Waals surface area contributed by atoms with Crippen LogP contribution < -0.4 is 27.0 Å². The molecule has 0 saturated heterocycles. The number of benzene rings is 3. The van der Waals surface area contributed by atoms with Crippen molar-refractivity contribution in [1.82, 2.24) is 9.13 Å². The second kappa shape index (κ2) is 17.4. The van der Waals surface area contributed by atoms with Crippen molar-refractivity contribution >= 4 is 55.3 Å². The SMILES string of the molecule is COCCCC[Si](C)(C)O[Si](C)(C)O[Si](C)(C)O[Si](C)(C)CCCCOc1ccc(-n2c(=O)c3cc4c(=O)n(-c5ccc(C)cc5C)c(=O)c4cc3c2=O)c(C)c1. The van der Waals surface area contributed by atoms with Crippen molar-refractivity contribution in [2.75, 3.05) is 20.3 Å². The molecule has 2 heterocycles. The number of fused-ring (bicyclic) bond motifs is 2.